The van der Waals surface area contributed by atoms with Gasteiger partial charge in [0.15, 0.2) is 9.84 Å². The molecule has 2 aromatic rings. The van der Waals surface area contributed by atoms with Gasteiger partial charge in [0, 0.05) is 49.4 Å². The Bertz CT molecular complexity index is 1010. The molecule has 0 amide bonds. The molecule has 28 heavy (non-hydrogen) atoms. The molecule has 2 fully saturated rings. The number of hydrogen-bond acceptors (Lipinski definition) is 6. The summed E-state index contributed by atoms with van der Waals surface area (Å²) in [6.07, 6.45) is 4.14. The van der Waals surface area contributed by atoms with E-state index in [4.69, 9.17) is 4.98 Å². The zero-order valence-corrected chi connectivity index (χ0v) is 16.3. The molecule has 2 aliphatic heterocycles. The maximum absolute atomic E-state index is 14.0. The van der Waals surface area contributed by atoms with Crippen molar-refractivity contribution in [3.05, 3.63) is 53.1 Å². The van der Waals surface area contributed by atoms with E-state index in [9.17, 15) is 12.8 Å². The summed E-state index contributed by atoms with van der Waals surface area (Å²) in [7, 11) is -3.27. The van der Waals surface area contributed by atoms with Crippen molar-refractivity contribution in [3.63, 3.8) is 0 Å². The molecule has 5 rings (SSSR count). The summed E-state index contributed by atoms with van der Waals surface area (Å²) in [5, 5.41) is 2.79. The number of nitrogens with zero attached hydrogens (tertiary/aromatic N) is 3. The molecular formula is C20H23FN4O2S. The summed E-state index contributed by atoms with van der Waals surface area (Å²) >= 11 is 0. The fraction of sp³-hybridized carbons (Fsp3) is 0.500. The monoisotopic (exact) mass is 402 g/mol. The van der Waals surface area contributed by atoms with Crippen LogP contribution in [0.4, 0.5) is 10.3 Å². The minimum Gasteiger partial charge on any atom is -0.354 e. The van der Waals surface area contributed by atoms with Gasteiger partial charge in [-0.25, -0.2) is 22.8 Å². The first-order valence-corrected chi connectivity index (χ1v) is 11.5. The highest BCUT2D eigenvalue weighted by Gasteiger charge is 2.47. The van der Waals surface area contributed by atoms with Gasteiger partial charge in [-0.15, -0.1) is 0 Å². The van der Waals surface area contributed by atoms with E-state index in [-0.39, 0.29) is 17.5 Å². The number of sulfone groups is 1. The van der Waals surface area contributed by atoms with Gasteiger partial charge >= 0.3 is 0 Å². The molecule has 0 unspecified atom stereocenters. The van der Waals surface area contributed by atoms with E-state index < -0.39 is 15.1 Å². The fourth-order valence-corrected chi connectivity index (χ4v) is 6.32. The van der Waals surface area contributed by atoms with Crippen molar-refractivity contribution in [2.24, 2.45) is 5.92 Å². The molecule has 6 nitrogen and oxygen atoms in total. The van der Waals surface area contributed by atoms with Crippen LogP contribution in [-0.2, 0) is 22.1 Å². The lowest BCUT2D eigenvalue weighted by molar-refractivity contribution is 0.321. The fourth-order valence-electron chi connectivity index (χ4n) is 4.29. The van der Waals surface area contributed by atoms with Crippen molar-refractivity contribution in [2.45, 2.75) is 36.3 Å². The first-order valence-electron chi connectivity index (χ1n) is 9.76. The molecule has 1 aromatic heterocycles. The third kappa shape index (κ3) is 3.39. The van der Waals surface area contributed by atoms with Crippen LogP contribution in [0.1, 0.15) is 35.6 Å². The lowest BCUT2D eigenvalue weighted by Crippen LogP contribution is -2.35. The van der Waals surface area contributed by atoms with Gasteiger partial charge in [-0.2, -0.15) is 0 Å². The van der Waals surface area contributed by atoms with Crippen LogP contribution in [0.15, 0.2) is 30.5 Å². The lowest BCUT2D eigenvalue weighted by atomic mass is 10.00. The Morgan fingerprint density at radius 1 is 1.21 bits per heavy atom. The predicted octanol–water partition coefficient (Wildman–Crippen LogP) is 2.33. The molecule has 1 N–H and O–H groups in total. The highest BCUT2D eigenvalue weighted by atomic mass is 32.2. The third-order valence-electron chi connectivity index (χ3n) is 6.01. The number of halogens is 1. The smallest absolute Gasteiger partial charge is 0.222 e. The molecular weight excluding hydrogens is 379 g/mol. The number of anilines is 1. The number of benzene rings is 1. The van der Waals surface area contributed by atoms with Crippen molar-refractivity contribution < 1.29 is 12.8 Å². The van der Waals surface area contributed by atoms with Gasteiger partial charge in [-0.3, -0.25) is 4.90 Å². The van der Waals surface area contributed by atoms with Crippen LogP contribution in [0, 0.1) is 11.7 Å². The molecule has 2 atom stereocenters. The van der Waals surface area contributed by atoms with Gasteiger partial charge in [0.2, 0.25) is 5.95 Å². The molecule has 148 valence electrons. The van der Waals surface area contributed by atoms with Gasteiger partial charge < -0.3 is 5.32 Å². The lowest BCUT2D eigenvalue weighted by Gasteiger charge is -2.26. The van der Waals surface area contributed by atoms with Gasteiger partial charge in [-0.1, -0.05) is 18.2 Å². The second kappa shape index (κ2) is 6.77. The van der Waals surface area contributed by atoms with Crippen molar-refractivity contribution in [1.29, 1.82) is 0 Å². The third-order valence-corrected chi connectivity index (χ3v) is 8.12. The molecule has 0 spiro atoms. The van der Waals surface area contributed by atoms with E-state index in [0.29, 0.717) is 42.6 Å². The molecule has 3 heterocycles. The van der Waals surface area contributed by atoms with E-state index in [1.54, 1.807) is 24.4 Å². The minimum atomic E-state index is -3.27. The molecule has 1 saturated heterocycles. The first kappa shape index (κ1) is 18.0. The number of aromatic nitrogens is 2. The number of likely N-dealkylation sites (tertiary alicyclic amines) is 1. The summed E-state index contributed by atoms with van der Waals surface area (Å²) in [6.45, 7) is 2.24. The van der Waals surface area contributed by atoms with E-state index in [0.717, 1.165) is 12.2 Å². The molecule has 3 aliphatic rings. The maximum Gasteiger partial charge on any atom is 0.222 e. The van der Waals surface area contributed by atoms with Crippen LogP contribution in [0.2, 0.25) is 0 Å². The average Bonchev–Trinajstić information content (AvgIpc) is 3.39. The summed E-state index contributed by atoms with van der Waals surface area (Å²) < 4.78 is 39.7. The second-order valence-electron chi connectivity index (χ2n) is 8.17. The summed E-state index contributed by atoms with van der Waals surface area (Å²) in [5.74, 6) is 0.825. The SMILES string of the molecule is O=S1(=O)Cc2cnc(NCC3CC3)nc2[C@H]2CN(Cc3ccccc3F)C[C@H]21. The topological polar surface area (TPSA) is 75.2 Å². The average molecular weight is 402 g/mol. The number of rotatable bonds is 5. The Hall–Kier alpha value is -2.06. The highest BCUT2D eigenvalue weighted by Crippen LogP contribution is 2.40. The Morgan fingerprint density at radius 3 is 2.82 bits per heavy atom. The van der Waals surface area contributed by atoms with Gasteiger partial charge in [0.1, 0.15) is 5.82 Å². The highest BCUT2D eigenvalue weighted by molar-refractivity contribution is 7.91. The first-order chi connectivity index (χ1) is 13.5. The maximum atomic E-state index is 14.0. The van der Waals surface area contributed by atoms with Crippen molar-refractivity contribution in [3.8, 4) is 0 Å². The van der Waals surface area contributed by atoms with Crippen molar-refractivity contribution in [2.75, 3.05) is 25.0 Å². The van der Waals surface area contributed by atoms with Crippen LogP contribution in [0.25, 0.3) is 0 Å². The zero-order chi connectivity index (χ0) is 19.3. The molecule has 0 bridgehead atoms. The van der Waals surface area contributed by atoms with Crippen molar-refractivity contribution in [1.82, 2.24) is 14.9 Å². The van der Waals surface area contributed by atoms with Crippen LogP contribution in [0.5, 0.6) is 0 Å². The van der Waals surface area contributed by atoms with Gasteiger partial charge in [0.25, 0.3) is 0 Å². The van der Waals surface area contributed by atoms with E-state index in [2.05, 4.69) is 10.3 Å². The molecule has 1 aromatic carbocycles. The van der Waals surface area contributed by atoms with Crippen LogP contribution in [-0.4, -0.2) is 48.2 Å². The van der Waals surface area contributed by atoms with Crippen LogP contribution in [0.3, 0.4) is 0 Å². The summed E-state index contributed by atoms with van der Waals surface area (Å²) in [5.41, 5.74) is 2.13. The number of fused-ring (bicyclic) bond motifs is 3. The second-order valence-corrected chi connectivity index (χ2v) is 10.4. The van der Waals surface area contributed by atoms with Crippen molar-refractivity contribution >= 4 is 15.8 Å². The predicted molar refractivity (Wildman–Crippen MR) is 104 cm³/mol. The molecule has 8 heteroatoms. The normalized spacial score (nSPS) is 25.9. The Labute approximate surface area is 164 Å². The van der Waals surface area contributed by atoms with Crippen LogP contribution >= 0.6 is 0 Å². The van der Waals surface area contributed by atoms with Crippen LogP contribution < -0.4 is 5.32 Å². The quantitative estimate of drug-likeness (QED) is 0.827. The number of nitrogens with one attached hydrogen (secondary N) is 1. The zero-order valence-electron chi connectivity index (χ0n) is 15.5. The molecule has 1 aliphatic carbocycles. The molecule has 0 radical (unpaired) electrons. The number of hydrogen-bond donors (Lipinski definition) is 1. The summed E-state index contributed by atoms with van der Waals surface area (Å²) in [6, 6.07) is 6.66. The van der Waals surface area contributed by atoms with Gasteiger partial charge in [-0.05, 0) is 24.8 Å². The standard InChI is InChI=1S/C20H23FN4O2S/c21-17-4-2-1-3-14(17)9-25-10-16-18(11-25)28(26,27)12-15-8-23-20(24-19(15)16)22-7-13-5-6-13/h1-4,8,13,16,18H,5-7,9-12H2,(H,22,23,24)/t16-,18+/m0/s1. The molecule has 1 saturated carbocycles. The van der Waals surface area contributed by atoms with Gasteiger partial charge in [0.05, 0.1) is 16.7 Å². The Balaban J connectivity index is 1.41. The largest absolute Gasteiger partial charge is 0.354 e. The Kier molecular flexibility index (Phi) is 4.35. The van der Waals surface area contributed by atoms with E-state index in [1.165, 1.54) is 18.9 Å². The van der Waals surface area contributed by atoms with E-state index >= 15 is 0 Å². The Morgan fingerprint density at radius 2 is 2.04 bits per heavy atom. The minimum absolute atomic E-state index is 0.0139. The summed E-state index contributed by atoms with van der Waals surface area (Å²) in [4.78, 5) is 11.0. The van der Waals surface area contributed by atoms with E-state index in [1.807, 2.05) is 4.90 Å².